The summed E-state index contributed by atoms with van der Waals surface area (Å²) in [6.45, 7) is 4.01. The molecule has 1 aromatic carbocycles. The lowest BCUT2D eigenvalue weighted by Crippen LogP contribution is -2.37. The van der Waals surface area contributed by atoms with Gasteiger partial charge in [0.1, 0.15) is 6.10 Å². The smallest absolute Gasteiger partial charge is 0.417 e. The largest absolute Gasteiger partial charge is 0.439 e. The van der Waals surface area contributed by atoms with Gasteiger partial charge < -0.3 is 4.74 Å². The number of amides is 2. The van der Waals surface area contributed by atoms with E-state index < -0.39 is 12.2 Å². The van der Waals surface area contributed by atoms with Crippen molar-refractivity contribution < 1.29 is 14.3 Å². The summed E-state index contributed by atoms with van der Waals surface area (Å²) in [4.78, 5) is 26.1. The number of allylic oxidation sites excluding steroid dienone is 12. The second-order valence-electron chi connectivity index (χ2n) is 8.67. The molecule has 2 atom stereocenters. The summed E-state index contributed by atoms with van der Waals surface area (Å²) in [5, 5.41) is 0. The minimum atomic E-state index is -0.552. The van der Waals surface area contributed by atoms with Crippen molar-refractivity contribution in [2.24, 2.45) is 0 Å². The first-order chi connectivity index (χ1) is 17.6. The Morgan fingerprint density at radius 3 is 1.75 bits per heavy atom. The standard InChI is InChI=1S/C32H41NO3/c1-3-4-5-6-7-8-9-10-11-12-13-14-15-16-17-18-19-20-24-27-30(34)33-28(2)31(36-32(33)35)29-25-22-21-23-26-29/h4-5,7-8,10-11,13-14,16-17,19-23,25-26,28,31H,3,6,9,12,15,18,24,27H2,1-2H3/b5-4-,8-7-,11-10-,14-13-,17-16-,20-19-/t28-,31-/m1/s1. The van der Waals surface area contributed by atoms with Crippen LogP contribution in [0.15, 0.2) is 103 Å². The summed E-state index contributed by atoms with van der Waals surface area (Å²) in [6.07, 6.45) is 31.6. The van der Waals surface area contributed by atoms with Gasteiger partial charge in [-0.15, -0.1) is 0 Å². The maximum absolute atomic E-state index is 12.6. The van der Waals surface area contributed by atoms with Gasteiger partial charge in [0.2, 0.25) is 5.91 Å². The van der Waals surface area contributed by atoms with E-state index in [0.717, 1.165) is 44.1 Å². The van der Waals surface area contributed by atoms with Crippen molar-refractivity contribution in [3.63, 3.8) is 0 Å². The van der Waals surface area contributed by atoms with Gasteiger partial charge in [-0.3, -0.25) is 4.79 Å². The highest BCUT2D eigenvalue weighted by atomic mass is 16.6. The molecule has 0 aromatic heterocycles. The van der Waals surface area contributed by atoms with Crippen LogP contribution in [0.5, 0.6) is 0 Å². The number of nitrogens with zero attached hydrogens (tertiary/aromatic N) is 1. The topological polar surface area (TPSA) is 46.6 Å². The number of benzene rings is 1. The van der Waals surface area contributed by atoms with Gasteiger partial charge in [-0.25, -0.2) is 9.69 Å². The van der Waals surface area contributed by atoms with E-state index >= 15 is 0 Å². The molecule has 1 aliphatic rings. The van der Waals surface area contributed by atoms with Crippen molar-refractivity contribution in [2.75, 3.05) is 0 Å². The van der Waals surface area contributed by atoms with E-state index in [1.165, 1.54) is 4.90 Å². The Balaban J connectivity index is 1.55. The molecule has 2 amide bonds. The molecule has 0 bridgehead atoms. The molecule has 36 heavy (non-hydrogen) atoms. The molecular formula is C32H41NO3. The van der Waals surface area contributed by atoms with E-state index in [1.807, 2.05) is 43.3 Å². The Bertz CT molecular complexity index is 953. The fourth-order valence-corrected chi connectivity index (χ4v) is 3.85. The Morgan fingerprint density at radius 1 is 0.778 bits per heavy atom. The molecule has 4 heteroatoms. The lowest BCUT2D eigenvalue weighted by atomic mass is 10.0. The van der Waals surface area contributed by atoms with Crippen LogP contribution in [0.1, 0.15) is 76.9 Å². The summed E-state index contributed by atoms with van der Waals surface area (Å²) >= 11 is 0. The van der Waals surface area contributed by atoms with E-state index in [4.69, 9.17) is 4.74 Å². The molecule has 1 saturated heterocycles. The van der Waals surface area contributed by atoms with Crippen molar-refractivity contribution in [2.45, 2.75) is 77.4 Å². The maximum Gasteiger partial charge on any atom is 0.417 e. The molecule has 2 rings (SSSR count). The van der Waals surface area contributed by atoms with Gasteiger partial charge in [0, 0.05) is 6.42 Å². The van der Waals surface area contributed by atoms with Crippen LogP contribution in [0.3, 0.4) is 0 Å². The molecule has 1 fully saturated rings. The molecule has 0 aliphatic carbocycles. The Kier molecular flexibility index (Phi) is 14.4. The number of carbonyl (C=O) groups is 2. The van der Waals surface area contributed by atoms with E-state index in [-0.39, 0.29) is 11.9 Å². The van der Waals surface area contributed by atoms with Crippen molar-refractivity contribution in [1.82, 2.24) is 4.90 Å². The van der Waals surface area contributed by atoms with Crippen LogP contribution in [0, 0.1) is 0 Å². The van der Waals surface area contributed by atoms with Crippen molar-refractivity contribution in [1.29, 1.82) is 0 Å². The van der Waals surface area contributed by atoms with Crippen LogP contribution in [0.2, 0.25) is 0 Å². The van der Waals surface area contributed by atoms with Gasteiger partial charge in [0.05, 0.1) is 6.04 Å². The first-order valence-corrected chi connectivity index (χ1v) is 13.1. The van der Waals surface area contributed by atoms with Gasteiger partial charge in [-0.1, -0.05) is 110 Å². The number of cyclic esters (lactones) is 1. The minimum absolute atomic E-state index is 0.189. The first-order valence-electron chi connectivity index (χ1n) is 13.1. The Morgan fingerprint density at radius 2 is 1.25 bits per heavy atom. The molecule has 1 aliphatic heterocycles. The van der Waals surface area contributed by atoms with Gasteiger partial charge in [-0.2, -0.15) is 0 Å². The van der Waals surface area contributed by atoms with Crippen LogP contribution in [-0.4, -0.2) is 22.9 Å². The molecule has 1 heterocycles. The van der Waals surface area contributed by atoms with E-state index in [9.17, 15) is 9.59 Å². The van der Waals surface area contributed by atoms with Crippen LogP contribution < -0.4 is 0 Å². The molecule has 4 nitrogen and oxygen atoms in total. The Hall–Kier alpha value is -3.40. The van der Waals surface area contributed by atoms with Crippen LogP contribution in [0.4, 0.5) is 4.79 Å². The van der Waals surface area contributed by atoms with E-state index in [2.05, 4.69) is 73.8 Å². The molecule has 1 aromatic rings. The SMILES string of the molecule is CC/C=C\C/C=C\C/C=C\C/C=C\C/C=C\C/C=C\CCC(=O)N1C(=O)O[C@@H](c2ccccc2)[C@H]1C. The number of hydrogen-bond donors (Lipinski definition) is 0. The van der Waals surface area contributed by atoms with Crippen molar-refractivity contribution >= 4 is 12.0 Å². The molecular weight excluding hydrogens is 446 g/mol. The minimum Gasteiger partial charge on any atom is -0.439 e. The lowest BCUT2D eigenvalue weighted by Gasteiger charge is -2.19. The highest BCUT2D eigenvalue weighted by Gasteiger charge is 2.42. The summed E-state index contributed by atoms with van der Waals surface area (Å²) in [5.74, 6) is -0.189. The van der Waals surface area contributed by atoms with Crippen LogP contribution in [-0.2, 0) is 9.53 Å². The van der Waals surface area contributed by atoms with Crippen LogP contribution >= 0.6 is 0 Å². The lowest BCUT2D eigenvalue weighted by molar-refractivity contribution is -0.129. The summed E-state index contributed by atoms with van der Waals surface area (Å²) in [5.41, 5.74) is 0.908. The average molecular weight is 488 g/mol. The number of rotatable bonds is 15. The first kappa shape index (κ1) is 28.8. The number of hydrogen-bond acceptors (Lipinski definition) is 3. The fraction of sp³-hybridized carbons (Fsp3) is 0.375. The molecule has 0 radical (unpaired) electrons. The molecule has 192 valence electrons. The third-order valence-corrected chi connectivity index (χ3v) is 5.79. The highest BCUT2D eigenvalue weighted by Crippen LogP contribution is 2.32. The summed E-state index contributed by atoms with van der Waals surface area (Å²) in [7, 11) is 0. The Labute approximate surface area is 217 Å². The van der Waals surface area contributed by atoms with Gasteiger partial charge in [0.15, 0.2) is 0 Å². The fourth-order valence-electron chi connectivity index (χ4n) is 3.85. The van der Waals surface area contributed by atoms with Gasteiger partial charge in [0.25, 0.3) is 0 Å². The second-order valence-corrected chi connectivity index (χ2v) is 8.67. The molecule has 0 N–H and O–H groups in total. The molecule has 0 unspecified atom stereocenters. The van der Waals surface area contributed by atoms with Gasteiger partial charge >= 0.3 is 6.09 Å². The monoisotopic (exact) mass is 487 g/mol. The quantitative estimate of drug-likeness (QED) is 0.233. The van der Waals surface area contributed by atoms with Crippen molar-refractivity contribution in [3.05, 3.63) is 109 Å². The zero-order valence-electron chi connectivity index (χ0n) is 21.8. The zero-order valence-corrected chi connectivity index (χ0v) is 21.8. The van der Waals surface area contributed by atoms with Crippen LogP contribution in [0.25, 0.3) is 0 Å². The van der Waals surface area contributed by atoms with Crippen molar-refractivity contribution in [3.8, 4) is 0 Å². The number of ether oxygens (including phenoxy) is 1. The van der Waals surface area contributed by atoms with E-state index in [1.54, 1.807) is 0 Å². The maximum atomic E-state index is 12.6. The average Bonchev–Trinajstić information content (AvgIpc) is 3.19. The molecule has 0 saturated carbocycles. The number of imide groups is 1. The third-order valence-electron chi connectivity index (χ3n) is 5.79. The third kappa shape index (κ3) is 10.9. The predicted octanol–water partition coefficient (Wildman–Crippen LogP) is 8.57. The zero-order chi connectivity index (χ0) is 25.8. The summed E-state index contributed by atoms with van der Waals surface area (Å²) < 4.78 is 5.46. The number of carbonyl (C=O) groups excluding carboxylic acids is 2. The summed E-state index contributed by atoms with van der Waals surface area (Å²) in [6, 6.07) is 9.25. The highest BCUT2D eigenvalue weighted by molar-refractivity contribution is 5.93. The van der Waals surface area contributed by atoms with Gasteiger partial charge in [-0.05, 0) is 57.4 Å². The molecule has 0 spiro atoms. The second kappa shape index (κ2) is 18.0. The predicted molar refractivity (Wildman–Crippen MR) is 149 cm³/mol. The normalized spacial score (nSPS) is 18.8. The van der Waals surface area contributed by atoms with E-state index in [0.29, 0.717) is 12.8 Å².